The van der Waals surface area contributed by atoms with Crippen molar-refractivity contribution >= 4 is 17.6 Å². The highest BCUT2D eigenvalue weighted by Gasteiger charge is 2.33. The summed E-state index contributed by atoms with van der Waals surface area (Å²) in [6.45, 7) is 3.96. The molecule has 1 aliphatic carbocycles. The molecule has 0 atom stereocenters. The number of hydrogen-bond donors (Lipinski definition) is 2. The van der Waals surface area contributed by atoms with Crippen molar-refractivity contribution in [3.8, 4) is 0 Å². The van der Waals surface area contributed by atoms with Gasteiger partial charge in [0, 0.05) is 5.69 Å². The van der Waals surface area contributed by atoms with Crippen LogP contribution < -0.4 is 16.4 Å². The molecular formula is C14H19N5. The van der Waals surface area contributed by atoms with Crippen LogP contribution in [-0.2, 0) is 12.8 Å². The van der Waals surface area contributed by atoms with Gasteiger partial charge in [-0.25, -0.2) is 4.99 Å². The van der Waals surface area contributed by atoms with Crippen molar-refractivity contribution in [2.45, 2.75) is 38.8 Å². The number of benzene rings is 1. The maximum Gasteiger partial charge on any atom is 0.220 e. The first-order chi connectivity index (χ1) is 8.97. The number of aliphatic imine (C=N–C) groups is 2. The average molecular weight is 257 g/mol. The van der Waals surface area contributed by atoms with E-state index >= 15 is 0 Å². The predicted octanol–water partition coefficient (Wildman–Crippen LogP) is 1.36. The molecule has 0 unspecified atom stereocenters. The number of anilines is 1. The molecule has 100 valence electrons. The second-order valence-electron chi connectivity index (χ2n) is 5.58. The van der Waals surface area contributed by atoms with Crippen molar-refractivity contribution in [3.05, 3.63) is 29.3 Å². The number of nitrogens with two attached hydrogens (primary N) is 2. The van der Waals surface area contributed by atoms with Gasteiger partial charge >= 0.3 is 0 Å². The van der Waals surface area contributed by atoms with Crippen LogP contribution in [0.15, 0.2) is 28.2 Å². The van der Waals surface area contributed by atoms with Crippen LogP contribution in [-0.4, -0.2) is 17.6 Å². The topological polar surface area (TPSA) is 80.0 Å². The summed E-state index contributed by atoms with van der Waals surface area (Å²) in [6, 6.07) is 6.47. The van der Waals surface area contributed by atoms with Gasteiger partial charge in [0.15, 0.2) is 0 Å². The fraction of sp³-hybridized carbons (Fsp3) is 0.429. The Morgan fingerprint density at radius 3 is 2.63 bits per heavy atom. The first-order valence-electron chi connectivity index (χ1n) is 6.59. The van der Waals surface area contributed by atoms with Crippen LogP contribution in [0.3, 0.4) is 0 Å². The van der Waals surface area contributed by atoms with E-state index in [1.807, 2.05) is 18.7 Å². The monoisotopic (exact) mass is 257 g/mol. The van der Waals surface area contributed by atoms with E-state index in [1.54, 1.807) is 0 Å². The van der Waals surface area contributed by atoms with Gasteiger partial charge in [-0.05, 0) is 56.4 Å². The molecule has 4 N–H and O–H groups in total. The van der Waals surface area contributed by atoms with Crippen molar-refractivity contribution in [1.29, 1.82) is 0 Å². The first-order valence-corrected chi connectivity index (χ1v) is 6.59. The SMILES string of the molecule is CC1(C)N=C(N)N=C(N)N1c1ccc2c(c1)CCC2. The summed E-state index contributed by atoms with van der Waals surface area (Å²) in [6.07, 6.45) is 3.55. The molecule has 19 heavy (non-hydrogen) atoms. The molecule has 0 spiro atoms. The van der Waals surface area contributed by atoms with Crippen molar-refractivity contribution in [2.75, 3.05) is 4.90 Å². The van der Waals surface area contributed by atoms with Gasteiger partial charge in [0.25, 0.3) is 0 Å². The molecule has 0 radical (unpaired) electrons. The third kappa shape index (κ3) is 1.95. The number of fused-ring (bicyclic) bond motifs is 1. The zero-order valence-electron chi connectivity index (χ0n) is 11.3. The van der Waals surface area contributed by atoms with Gasteiger partial charge in [0.1, 0.15) is 5.66 Å². The van der Waals surface area contributed by atoms with Crippen LogP contribution >= 0.6 is 0 Å². The fourth-order valence-electron chi connectivity index (χ4n) is 2.95. The first kappa shape index (κ1) is 12.0. The minimum Gasteiger partial charge on any atom is -0.369 e. The van der Waals surface area contributed by atoms with Gasteiger partial charge in [-0.3, -0.25) is 4.90 Å². The Balaban J connectivity index is 2.04. The van der Waals surface area contributed by atoms with Gasteiger partial charge in [-0.15, -0.1) is 0 Å². The molecular weight excluding hydrogens is 238 g/mol. The van der Waals surface area contributed by atoms with E-state index in [9.17, 15) is 0 Å². The summed E-state index contributed by atoms with van der Waals surface area (Å²) in [7, 11) is 0. The van der Waals surface area contributed by atoms with E-state index in [2.05, 4.69) is 28.2 Å². The smallest absolute Gasteiger partial charge is 0.220 e. The predicted molar refractivity (Wildman–Crippen MR) is 78.3 cm³/mol. The van der Waals surface area contributed by atoms with Crippen molar-refractivity contribution in [1.82, 2.24) is 0 Å². The number of guanidine groups is 2. The van der Waals surface area contributed by atoms with E-state index in [1.165, 1.54) is 24.0 Å². The van der Waals surface area contributed by atoms with Crippen molar-refractivity contribution in [2.24, 2.45) is 21.5 Å². The minimum atomic E-state index is -0.511. The van der Waals surface area contributed by atoms with E-state index in [0.717, 1.165) is 12.1 Å². The summed E-state index contributed by atoms with van der Waals surface area (Å²) >= 11 is 0. The normalized spacial score (nSPS) is 20.8. The molecule has 1 aliphatic heterocycles. The lowest BCUT2D eigenvalue weighted by molar-refractivity contribution is 0.534. The molecule has 5 nitrogen and oxygen atoms in total. The zero-order chi connectivity index (χ0) is 13.6. The quantitative estimate of drug-likeness (QED) is 0.797. The standard InChI is InChI=1S/C14H19N5/c1-14(2)18-12(15)17-13(16)19(14)11-7-6-9-4-3-5-10(9)8-11/h6-8H,3-5H2,1-2H3,(H4,15,16,17,18). The Morgan fingerprint density at radius 2 is 1.89 bits per heavy atom. The van der Waals surface area contributed by atoms with Gasteiger partial charge < -0.3 is 11.5 Å². The summed E-state index contributed by atoms with van der Waals surface area (Å²) in [5.74, 6) is 0.635. The molecule has 3 rings (SSSR count). The van der Waals surface area contributed by atoms with Gasteiger partial charge in [0.05, 0.1) is 0 Å². The molecule has 0 amide bonds. The van der Waals surface area contributed by atoms with Crippen LogP contribution in [0.4, 0.5) is 5.69 Å². The Bertz CT molecular complexity index is 585. The lowest BCUT2D eigenvalue weighted by Gasteiger charge is -2.38. The summed E-state index contributed by atoms with van der Waals surface area (Å²) in [4.78, 5) is 10.4. The second kappa shape index (κ2) is 3.98. The molecule has 0 bridgehead atoms. The third-order valence-electron chi connectivity index (χ3n) is 3.73. The van der Waals surface area contributed by atoms with Gasteiger partial charge in [0.2, 0.25) is 11.9 Å². The van der Waals surface area contributed by atoms with Gasteiger partial charge in [-0.2, -0.15) is 4.99 Å². The molecule has 1 aromatic rings. The number of rotatable bonds is 1. The minimum absolute atomic E-state index is 0.236. The summed E-state index contributed by atoms with van der Waals surface area (Å²) in [5, 5.41) is 0. The highest BCUT2D eigenvalue weighted by Crippen LogP contribution is 2.31. The number of hydrogen-bond acceptors (Lipinski definition) is 5. The van der Waals surface area contributed by atoms with Crippen molar-refractivity contribution < 1.29 is 0 Å². The molecule has 0 saturated carbocycles. The van der Waals surface area contributed by atoms with E-state index in [-0.39, 0.29) is 5.96 Å². The molecule has 1 heterocycles. The Kier molecular flexibility index (Phi) is 2.52. The van der Waals surface area contributed by atoms with Crippen LogP contribution in [0.25, 0.3) is 0 Å². The Labute approximate surface area is 113 Å². The molecule has 0 saturated heterocycles. The van der Waals surface area contributed by atoms with E-state index < -0.39 is 5.66 Å². The number of nitrogens with zero attached hydrogens (tertiary/aromatic N) is 3. The third-order valence-corrected chi connectivity index (χ3v) is 3.73. The Morgan fingerprint density at radius 1 is 1.16 bits per heavy atom. The molecule has 1 aromatic carbocycles. The van der Waals surface area contributed by atoms with Crippen LogP contribution in [0, 0.1) is 0 Å². The Hall–Kier alpha value is -2.04. The maximum absolute atomic E-state index is 6.04. The molecule has 0 fully saturated rings. The summed E-state index contributed by atoms with van der Waals surface area (Å²) in [5.41, 5.74) is 15.1. The highest BCUT2D eigenvalue weighted by atomic mass is 15.4. The average Bonchev–Trinajstić information content (AvgIpc) is 2.73. The second-order valence-corrected chi connectivity index (χ2v) is 5.58. The van der Waals surface area contributed by atoms with Gasteiger partial charge in [-0.1, -0.05) is 6.07 Å². The van der Waals surface area contributed by atoms with Crippen LogP contribution in [0.2, 0.25) is 0 Å². The molecule has 2 aliphatic rings. The highest BCUT2D eigenvalue weighted by molar-refractivity contribution is 6.05. The molecule has 5 heteroatoms. The lowest BCUT2D eigenvalue weighted by atomic mass is 10.1. The van der Waals surface area contributed by atoms with E-state index in [0.29, 0.717) is 5.96 Å². The zero-order valence-corrected chi connectivity index (χ0v) is 11.3. The number of aryl methyl sites for hydroxylation is 2. The molecule has 0 aromatic heterocycles. The van der Waals surface area contributed by atoms with Crippen molar-refractivity contribution in [3.63, 3.8) is 0 Å². The fourth-order valence-corrected chi connectivity index (χ4v) is 2.95. The van der Waals surface area contributed by atoms with Crippen LogP contribution in [0.5, 0.6) is 0 Å². The van der Waals surface area contributed by atoms with Crippen LogP contribution in [0.1, 0.15) is 31.4 Å². The van der Waals surface area contributed by atoms with E-state index in [4.69, 9.17) is 11.5 Å². The maximum atomic E-state index is 6.04. The largest absolute Gasteiger partial charge is 0.369 e. The summed E-state index contributed by atoms with van der Waals surface area (Å²) < 4.78 is 0. The lowest BCUT2D eigenvalue weighted by Crippen LogP contribution is -2.54.